The van der Waals surface area contributed by atoms with E-state index in [2.05, 4.69) is 4.98 Å². The smallest absolute Gasteiger partial charge is 0.307 e. The van der Waals surface area contributed by atoms with E-state index in [0.29, 0.717) is 5.15 Å². The lowest BCUT2D eigenvalue weighted by molar-refractivity contribution is -0.135. The summed E-state index contributed by atoms with van der Waals surface area (Å²) in [4.78, 5) is 14.6. The number of nitrogens with zero attached hydrogens (tertiary/aromatic N) is 1. The van der Waals surface area contributed by atoms with Gasteiger partial charge in [-0.15, -0.1) is 0 Å². The second kappa shape index (κ2) is 4.97. The van der Waals surface area contributed by atoms with Gasteiger partial charge in [0.2, 0.25) is 0 Å². The van der Waals surface area contributed by atoms with Crippen LogP contribution in [0.1, 0.15) is 12.0 Å². The van der Waals surface area contributed by atoms with Crippen molar-refractivity contribution in [2.24, 2.45) is 0 Å². The molecule has 0 spiro atoms. The standard InChI is InChI=1S/C13H10ClNO2/c14-13-10(5-3-7-12(16)17)8-9-4-1-2-6-11(9)15-13/h1-6,8H,7H2,(H,16,17). The van der Waals surface area contributed by atoms with Crippen molar-refractivity contribution in [3.63, 3.8) is 0 Å². The molecule has 0 aliphatic rings. The molecule has 0 fully saturated rings. The molecule has 0 amide bonds. The zero-order chi connectivity index (χ0) is 12.3. The summed E-state index contributed by atoms with van der Waals surface area (Å²) < 4.78 is 0. The van der Waals surface area contributed by atoms with E-state index in [-0.39, 0.29) is 6.42 Å². The van der Waals surface area contributed by atoms with Crippen LogP contribution in [0.2, 0.25) is 5.15 Å². The molecule has 1 aromatic heterocycles. The Kier molecular flexibility index (Phi) is 3.40. The number of rotatable bonds is 3. The number of hydrogen-bond donors (Lipinski definition) is 1. The molecule has 0 radical (unpaired) electrons. The van der Waals surface area contributed by atoms with Gasteiger partial charge < -0.3 is 5.11 Å². The third kappa shape index (κ3) is 2.82. The predicted molar refractivity (Wildman–Crippen MR) is 68.0 cm³/mol. The number of aromatic nitrogens is 1. The van der Waals surface area contributed by atoms with Gasteiger partial charge in [-0.3, -0.25) is 4.79 Å². The molecule has 0 bridgehead atoms. The van der Waals surface area contributed by atoms with Gasteiger partial charge in [-0.2, -0.15) is 0 Å². The highest BCUT2D eigenvalue weighted by atomic mass is 35.5. The molecule has 86 valence electrons. The number of fused-ring (bicyclic) bond motifs is 1. The number of carbonyl (C=O) groups is 1. The zero-order valence-corrected chi connectivity index (χ0v) is 9.69. The fourth-order valence-electron chi connectivity index (χ4n) is 1.51. The largest absolute Gasteiger partial charge is 0.481 e. The van der Waals surface area contributed by atoms with Crippen molar-refractivity contribution >= 4 is 34.5 Å². The summed E-state index contributed by atoms with van der Waals surface area (Å²) in [5, 5.41) is 9.89. The minimum Gasteiger partial charge on any atom is -0.481 e. The lowest BCUT2D eigenvalue weighted by Crippen LogP contribution is -1.90. The van der Waals surface area contributed by atoms with E-state index in [1.165, 1.54) is 0 Å². The highest BCUT2D eigenvalue weighted by molar-refractivity contribution is 6.31. The van der Waals surface area contributed by atoms with Gasteiger partial charge in [-0.05, 0) is 12.1 Å². The van der Waals surface area contributed by atoms with Crippen molar-refractivity contribution < 1.29 is 9.90 Å². The topological polar surface area (TPSA) is 50.2 Å². The van der Waals surface area contributed by atoms with Gasteiger partial charge in [-0.1, -0.05) is 42.0 Å². The molecule has 0 unspecified atom stereocenters. The minimum absolute atomic E-state index is 0.0246. The number of hydrogen-bond acceptors (Lipinski definition) is 2. The number of carboxylic acid groups (broad SMARTS) is 1. The van der Waals surface area contributed by atoms with Gasteiger partial charge in [0.15, 0.2) is 0 Å². The van der Waals surface area contributed by atoms with Gasteiger partial charge in [0, 0.05) is 10.9 Å². The van der Waals surface area contributed by atoms with E-state index >= 15 is 0 Å². The monoisotopic (exact) mass is 247 g/mol. The van der Waals surface area contributed by atoms with Crippen molar-refractivity contribution in [3.8, 4) is 0 Å². The lowest BCUT2D eigenvalue weighted by atomic mass is 10.1. The van der Waals surface area contributed by atoms with Gasteiger partial charge in [0.1, 0.15) is 5.15 Å². The third-order valence-corrected chi connectivity index (χ3v) is 2.60. The van der Waals surface area contributed by atoms with Crippen LogP contribution in [-0.4, -0.2) is 16.1 Å². The first kappa shape index (κ1) is 11.6. The number of pyridine rings is 1. The van der Waals surface area contributed by atoms with E-state index in [4.69, 9.17) is 16.7 Å². The first-order valence-corrected chi connectivity index (χ1v) is 5.48. The molecule has 0 saturated carbocycles. The third-order valence-electron chi connectivity index (χ3n) is 2.29. The molecule has 4 heteroatoms. The molecule has 1 heterocycles. The number of halogens is 1. The number of aliphatic carboxylic acids is 1. The van der Waals surface area contributed by atoms with Crippen LogP contribution < -0.4 is 0 Å². The molecular formula is C13H10ClNO2. The molecule has 0 saturated heterocycles. The maximum atomic E-state index is 10.4. The van der Waals surface area contributed by atoms with E-state index < -0.39 is 5.97 Å². The molecule has 17 heavy (non-hydrogen) atoms. The Hall–Kier alpha value is -1.87. The number of benzene rings is 1. The van der Waals surface area contributed by atoms with Crippen molar-refractivity contribution in [1.82, 2.24) is 4.98 Å². The highest BCUT2D eigenvalue weighted by Gasteiger charge is 2.01. The van der Waals surface area contributed by atoms with Crippen LogP contribution in [0.5, 0.6) is 0 Å². The van der Waals surface area contributed by atoms with Crippen LogP contribution in [0.3, 0.4) is 0 Å². The zero-order valence-electron chi connectivity index (χ0n) is 8.93. The molecule has 0 aliphatic heterocycles. The van der Waals surface area contributed by atoms with Crippen LogP contribution in [-0.2, 0) is 4.79 Å². The second-order valence-corrected chi connectivity index (χ2v) is 3.92. The van der Waals surface area contributed by atoms with E-state index in [0.717, 1.165) is 16.5 Å². The van der Waals surface area contributed by atoms with Crippen LogP contribution in [0.15, 0.2) is 36.4 Å². The Balaban J connectivity index is 2.37. The lowest BCUT2D eigenvalue weighted by Gasteiger charge is -2.01. The normalized spacial score (nSPS) is 11.1. The average Bonchev–Trinajstić information content (AvgIpc) is 2.29. The van der Waals surface area contributed by atoms with Crippen LogP contribution >= 0.6 is 11.6 Å². The van der Waals surface area contributed by atoms with Gasteiger partial charge in [0.25, 0.3) is 0 Å². The fraction of sp³-hybridized carbons (Fsp3) is 0.0769. The Labute approximate surface area is 103 Å². The van der Waals surface area contributed by atoms with E-state index in [1.807, 2.05) is 30.3 Å². The summed E-state index contributed by atoms with van der Waals surface area (Å²) >= 11 is 6.01. The van der Waals surface area contributed by atoms with Crippen molar-refractivity contribution in [1.29, 1.82) is 0 Å². The maximum Gasteiger partial charge on any atom is 0.307 e. The average molecular weight is 248 g/mol. The summed E-state index contributed by atoms with van der Waals surface area (Å²) in [5.41, 5.74) is 1.56. The molecule has 1 aromatic carbocycles. The molecule has 2 aromatic rings. The summed E-state index contributed by atoms with van der Waals surface area (Å²) in [6.45, 7) is 0. The predicted octanol–water partition coefficient (Wildman–Crippen LogP) is 3.38. The molecule has 0 atom stereocenters. The summed E-state index contributed by atoms with van der Waals surface area (Å²) in [6, 6.07) is 9.52. The number of para-hydroxylation sites is 1. The minimum atomic E-state index is -0.869. The van der Waals surface area contributed by atoms with Crippen LogP contribution in [0.25, 0.3) is 17.0 Å². The van der Waals surface area contributed by atoms with Gasteiger partial charge in [-0.25, -0.2) is 4.98 Å². The van der Waals surface area contributed by atoms with Crippen molar-refractivity contribution in [2.75, 3.05) is 0 Å². The maximum absolute atomic E-state index is 10.4. The Morgan fingerprint density at radius 3 is 2.94 bits per heavy atom. The second-order valence-electron chi connectivity index (χ2n) is 3.56. The Morgan fingerprint density at radius 1 is 1.41 bits per heavy atom. The highest BCUT2D eigenvalue weighted by Crippen LogP contribution is 2.21. The Morgan fingerprint density at radius 2 is 2.18 bits per heavy atom. The van der Waals surface area contributed by atoms with Gasteiger partial charge >= 0.3 is 5.97 Å². The first-order chi connectivity index (χ1) is 8.16. The molecule has 3 nitrogen and oxygen atoms in total. The molecular weight excluding hydrogens is 238 g/mol. The summed E-state index contributed by atoms with van der Waals surface area (Å²) in [7, 11) is 0. The first-order valence-electron chi connectivity index (χ1n) is 5.10. The summed E-state index contributed by atoms with van der Waals surface area (Å²) in [5.74, 6) is -0.869. The quantitative estimate of drug-likeness (QED) is 0.846. The SMILES string of the molecule is O=C(O)CC=Cc1cc2ccccc2nc1Cl. The fourth-order valence-corrected chi connectivity index (χ4v) is 1.72. The number of carboxylic acids is 1. The van der Waals surface area contributed by atoms with E-state index in [9.17, 15) is 4.79 Å². The molecule has 0 aliphatic carbocycles. The Bertz CT molecular complexity index is 593. The van der Waals surface area contributed by atoms with Crippen LogP contribution in [0.4, 0.5) is 0 Å². The summed E-state index contributed by atoms with van der Waals surface area (Å²) in [6.07, 6.45) is 3.21. The van der Waals surface area contributed by atoms with Crippen molar-refractivity contribution in [2.45, 2.75) is 6.42 Å². The molecule has 1 N–H and O–H groups in total. The van der Waals surface area contributed by atoms with Gasteiger partial charge in [0.05, 0.1) is 11.9 Å². The molecule has 2 rings (SSSR count). The van der Waals surface area contributed by atoms with E-state index in [1.54, 1.807) is 12.2 Å². The van der Waals surface area contributed by atoms with Crippen LogP contribution in [0, 0.1) is 0 Å². The van der Waals surface area contributed by atoms with Crippen molar-refractivity contribution in [3.05, 3.63) is 47.1 Å².